The van der Waals surface area contributed by atoms with Crippen LogP contribution < -0.4 is 15.4 Å². The summed E-state index contributed by atoms with van der Waals surface area (Å²) in [6.45, 7) is 4.18. The third kappa shape index (κ3) is 3.92. The lowest BCUT2D eigenvalue weighted by Gasteiger charge is -2.29. The number of hydrogen-bond acceptors (Lipinski definition) is 7. The topological polar surface area (TPSA) is 107 Å². The summed E-state index contributed by atoms with van der Waals surface area (Å²) in [4.78, 5) is 29.5. The van der Waals surface area contributed by atoms with Crippen LogP contribution in [0.1, 0.15) is 35.8 Å². The van der Waals surface area contributed by atoms with Crippen LogP contribution in [0.15, 0.2) is 66.1 Å². The highest BCUT2D eigenvalue weighted by atomic mass is 16.5. The molecule has 0 spiro atoms. The molecule has 0 aliphatic carbocycles. The van der Waals surface area contributed by atoms with Crippen molar-refractivity contribution in [3.63, 3.8) is 0 Å². The molecule has 0 radical (unpaired) electrons. The number of ether oxygens (including phenoxy) is 2. The second-order valence-corrected chi connectivity index (χ2v) is 7.09. The molecule has 0 saturated heterocycles. The third-order valence-electron chi connectivity index (χ3n) is 5.12. The van der Waals surface area contributed by atoms with Gasteiger partial charge in [0, 0.05) is 5.70 Å². The summed E-state index contributed by atoms with van der Waals surface area (Å²) in [5.74, 6) is 0.382. The van der Waals surface area contributed by atoms with Gasteiger partial charge in [0.1, 0.15) is 18.1 Å². The van der Waals surface area contributed by atoms with Crippen molar-refractivity contribution in [3.8, 4) is 5.75 Å². The van der Waals surface area contributed by atoms with E-state index >= 15 is 0 Å². The summed E-state index contributed by atoms with van der Waals surface area (Å²) in [5.41, 5.74) is 2.89. The lowest BCUT2D eigenvalue weighted by Crippen LogP contribution is -2.31. The fourth-order valence-electron chi connectivity index (χ4n) is 3.65. The van der Waals surface area contributed by atoms with Crippen molar-refractivity contribution in [2.24, 2.45) is 0 Å². The van der Waals surface area contributed by atoms with E-state index in [1.807, 2.05) is 26.0 Å². The number of carbonyl (C=O) groups is 2. The SMILES string of the molecule is CCOc1ccccc1NC(=O)C1=C(C)Nc2ncnn2C1c1ccc(C(=O)OC)cc1. The largest absolute Gasteiger partial charge is 0.492 e. The third-order valence-corrected chi connectivity index (χ3v) is 5.12. The number of esters is 1. The molecule has 1 atom stereocenters. The molecule has 1 amide bonds. The molecule has 1 aromatic heterocycles. The second-order valence-electron chi connectivity index (χ2n) is 7.09. The van der Waals surface area contributed by atoms with E-state index in [1.54, 1.807) is 41.1 Å². The van der Waals surface area contributed by atoms with Crippen LogP contribution in [0.4, 0.5) is 11.6 Å². The molecule has 164 valence electrons. The van der Waals surface area contributed by atoms with Gasteiger partial charge in [-0.3, -0.25) is 4.79 Å². The lowest BCUT2D eigenvalue weighted by molar-refractivity contribution is -0.113. The van der Waals surface area contributed by atoms with E-state index in [0.29, 0.717) is 40.8 Å². The molecule has 9 nitrogen and oxygen atoms in total. The highest BCUT2D eigenvalue weighted by molar-refractivity contribution is 6.06. The number of nitrogens with one attached hydrogen (secondary N) is 2. The Hall–Kier alpha value is -4.14. The molecular formula is C23H23N5O4. The molecule has 0 bridgehead atoms. The molecule has 0 saturated carbocycles. The van der Waals surface area contributed by atoms with E-state index in [9.17, 15) is 9.59 Å². The van der Waals surface area contributed by atoms with Gasteiger partial charge in [-0.15, -0.1) is 0 Å². The van der Waals surface area contributed by atoms with Gasteiger partial charge in [0.15, 0.2) is 0 Å². The Morgan fingerprint density at radius 3 is 2.62 bits per heavy atom. The zero-order chi connectivity index (χ0) is 22.7. The minimum Gasteiger partial charge on any atom is -0.492 e. The molecule has 3 aromatic rings. The Balaban J connectivity index is 1.72. The van der Waals surface area contributed by atoms with Gasteiger partial charge in [-0.25, -0.2) is 9.48 Å². The fourth-order valence-corrected chi connectivity index (χ4v) is 3.65. The minimum absolute atomic E-state index is 0.301. The molecular weight excluding hydrogens is 410 g/mol. The summed E-state index contributed by atoms with van der Waals surface area (Å²) >= 11 is 0. The first-order valence-electron chi connectivity index (χ1n) is 10.1. The van der Waals surface area contributed by atoms with E-state index in [2.05, 4.69) is 20.7 Å². The van der Waals surface area contributed by atoms with Gasteiger partial charge in [0.25, 0.3) is 5.91 Å². The Morgan fingerprint density at radius 2 is 1.91 bits per heavy atom. The summed E-state index contributed by atoms with van der Waals surface area (Å²) in [6, 6.07) is 13.6. The van der Waals surface area contributed by atoms with Gasteiger partial charge in [-0.1, -0.05) is 24.3 Å². The maximum Gasteiger partial charge on any atom is 0.337 e. The zero-order valence-electron chi connectivity index (χ0n) is 18.0. The highest BCUT2D eigenvalue weighted by Gasteiger charge is 2.33. The van der Waals surface area contributed by atoms with Gasteiger partial charge in [0.2, 0.25) is 5.95 Å². The smallest absolute Gasteiger partial charge is 0.337 e. The van der Waals surface area contributed by atoms with E-state index < -0.39 is 12.0 Å². The van der Waals surface area contributed by atoms with Gasteiger partial charge in [-0.05, 0) is 43.7 Å². The monoisotopic (exact) mass is 433 g/mol. The Morgan fingerprint density at radius 1 is 1.16 bits per heavy atom. The number of fused-ring (bicyclic) bond motifs is 1. The minimum atomic E-state index is -0.542. The van der Waals surface area contributed by atoms with Crippen molar-refractivity contribution in [1.82, 2.24) is 14.8 Å². The molecule has 1 aliphatic rings. The number of rotatable bonds is 6. The summed E-state index contributed by atoms with van der Waals surface area (Å²) < 4.78 is 12.1. The van der Waals surface area contributed by atoms with E-state index in [-0.39, 0.29) is 5.91 Å². The summed E-state index contributed by atoms with van der Waals surface area (Å²) in [7, 11) is 1.33. The molecule has 2 heterocycles. The van der Waals surface area contributed by atoms with Crippen molar-refractivity contribution >= 4 is 23.5 Å². The number of methoxy groups -OCH3 is 1. The molecule has 1 unspecified atom stereocenters. The van der Waals surface area contributed by atoms with Crippen molar-refractivity contribution in [2.45, 2.75) is 19.9 Å². The molecule has 2 aromatic carbocycles. The van der Waals surface area contributed by atoms with Gasteiger partial charge >= 0.3 is 5.97 Å². The first-order chi connectivity index (χ1) is 15.5. The van der Waals surface area contributed by atoms with Gasteiger partial charge in [0.05, 0.1) is 30.5 Å². The number of allylic oxidation sites excluding steroid dienone is 1. The number of benzene rings is 2. The standard InChI is InChI=1S/C23H23N5O4/c1-4-32-18-8-6-5-7-17(18)27-21(29)19-14(2)26-23-24-13-25-28(23)20(19)15-9-11-16(12-10-15)22(30)31-3/h5-13,20H,4H2,1-3H3,(H,27,29)(H,24,25,26). The number of amides is 1. The van der Waals surface area contributed by atoms with Crippen LogP contribution in [0.25, 0.3) is 0 Å². The van der Waals surface area contributed by atoms with Crippen LogP contribution in [-0.2, 0) is 9.53 Å². The van der Waals surface area contributed by atoms with E-state index in [4.69, 9.17) is 9.47 Å². The van der Waals surface area contributed by atoms with Crippen molar-refractivity contribution < 1.29 is 19.1 Å². The van der Waals surface area contributed by atoms with Gasteiger partial charge in [-0.2, -0.15) is 10.1 Å². The first kappa shape index (κ1) is 21.1. The average Bonchev–Trinajstić information content (AvgIpc) is 3.27. The van der Waals surface area contributed by atoms with Crippen LogP contribution in [0.3, 0.4) is 0 Å². The fraction of sp³-hybridized carbons (Fsp3) is 0.217. The predicted molar refractivity (Wildman–Crippen MR) is 119 cm³/mol. The molecule has 0 fully saturated rings. The van der Waals surface area contributed by atoms with Crippen LogP contribution in [0, 0.1) is 0 Å². The molecule has 1 aliphatic heterocycles. The maximum atomic E-state index is 13.5. The van der Waals surface area contributed by atoms with Crippen LogP contribution >= 0.6 is 0 Å². The normalized spacial score (nSPS) is 14.9. The average molecular weight is 433 g/mol. The number of para-hydroxylation sites is 2. The number of aromatic nitrogens is 3. The Bertz CT molecular complexity index is 1180. The summed E-state index contributed by atoms with van der Waals surface area (Å²) in [5, 5.41) is 10.4. The van der Waals surface area contributed by atoms with Crippen LogP contribution in [0.5, 0.6) is 5.75 Å². The summed E-state index contributed by atoms with van der Waals surface area (Å²) in [6.07, 6.45) is 1.43. The molecule has 32 heavy (non-hydrogen) atoms. The van der Waals surface area contributed by atoms with E-state index in [1.165, 1.54) is 13.4 Å². The lowest BCUT2D eigenvalue weighted by atomic mass is 9.94. The first-order valence-corrected chi connectivity index (χ1v) is 10.1. The van der Waals surface area contributed by atoms with Crippen molar-refractivity contribution in [3.05, 3.63) is 77.3 Å². The number of hydrogen-bond donors (Lipinski definition) is 2. The Kier molecular flexibility index (Phi) is 5.89. The number of nitrogens with zero attached hydrogens (tertiary/aromatic N) is 3. The van der Waals surface area contributed by atoms with Crippen molar-refractivity contribution in [2.75, 3.05) is 24.4 Å². The maximum absolute atomic E-state index is 13.5. The highest BCUT2D eigenvalue weighted by Crippen LogP contribution is 2.36. The van der Waals surface area contributed by atoms with Crippen LogP contribution in [-0.4, -0.2) is 40.4 Å². The second kappa shape index (κ2) is 8.93. The van der Waals surface area contributed by atoms with Crippen molar-refractivity contribution in [1.29, 1.82) is 0 Å². The molecule has 2 N–H and O–H groups in total. The number of anilines is 2. The molecule has 4 rings (SSSR count). The Labute approximate surface area is 185 Å². The zero-order valence-corrected chi connectivity index (χ0v) is 18.0. The number of carbonyl (C=O) groups excluding carboxylic acids is 2. The van der Waals surface area contributed by atoms with Crippen LogP contribution in [0.2, 0.25) is 0 Å². The quantitative estimate of drug-likeness (QED) is 0.574. The van der Waals surface area contributed by atoms with E-state index in [0.717, 1.165) is 5.56 Å². The predicted octanol–water partition coefficient (Wildman–Crippen LogP) is 3.39. The molecule has 9 heteroatoms. The van der Waals surface area contributed by atoms with Gasteiger partial charge < -0.3 is 20.1 Å².